The van der Waals surface area contributed by atoms with Crippen molar-refractivity contribution in [3.63, 3.8) is 0 Å². The summed E-state index contributed by atoms with van der Waals surface area (Å²) in [7, 11) is 1.62. The van der Waals surface area contributed by atoms with Gasteiger partial charge in [0.15, 0.2) is 0 Å². The van der Waals surface area contributed by atoms with E-state index in [1.807, 2.05) is 22.4 Å². The molecule has 0 saturated heterocycles. The van der Waals surface area contributed by atoms with Gasteiger partial charge in [0.05, 0.1) is 18.5 Å². The standard InChI is InChI=1S/C25H25Cl2N3O4S/c1-33-11-10-30(12-19(31)14-34-20-8-6-18(27)7-9-20)13-22-28-24(32)23-21(15-35-25(23)29-22)16-2-4-17(26)5-3-16/h2-9,15,19,31H,10-14H2,1H3,(H,28,29,32). The number of rotatable bonds is 11. The number of thiophene rings is 1. The third kappa shape index (κ3) is 6.82. The van der Waals surface area contributed by atoms with Gasteiger partial charge < -0.3 is 19.6 Å². The topological polar surface area (TPSA) is 87.7 Å². The highest BCUT2D eigenvalue weighted by Crippen LogP contribution is 2.31. The summed E-state index contributed by atoms with van der Waals surface area (Å²) in [5, 5.41) is 14.3. The molecule has 0 amide bonds. The van der Waals surface area contributed by atoms with Gasteiger partial charge >= 0.3 is 0 Å². The van der Waals surface area contributed by atoms with Crippen molar-refractivity contribution in [3.8, 4) is 16.9 Å². The summed E-state index contributed by atoms with van der Waals surface area (Å²) in [5.74, 6) is 1.15. The highest BCUT2D eigenvalue weighted by Gasteiger charge is 2.17. The smallest absolute Gasteiger partial charge is 0.260 e. The Balaban J connectivity index is 1.47. The fraction of sp³-hybridized carbons (Fsp3) is 0.280. The number of nitrogens with zero attached hydrogens (tertiary/aromatic N) is 2. The molecule has 2 heterocycles. The number of aromatic amines is 1. The monoisotopic (exact) mass is 533 g/mol. The maximum absolute atomic E-state index is 13.0. The van der Waals surface area contributed by atoms with Gasteiger partial charge in [0.1, 0.15) is 29.1 Å². The van der Waals surface area contributed by atoms with Crippen LogP contribution in [0.2, 0.25) is 10.0 Å². The summed E-state index contributed by atoms with van der Waals surface area (Å²) in [6.07, 6.45) is -0.753. The van der Waals surface area contributed by atoms with Gasteiger partial charge in [-0.3, -0.25) is 9.69 Å². The van der Waals surface area contributed by atoms with Gasteiger partial charge in [0, 0.05) is 41.2 Å². The van der Waals surface area contributed by atoms with Crippen LogP contribution in [0.1, 0.15) is 5.82 Å². The Morgan fingerprint density at radius 3 is 2.49 bits per heavy atom. The largest absolute Gasteiger partial charge is 0.491 e. The van der Waals surface area contributed by atoms with Crippen LogP contribution >= 0.6 is 34.5 Å². The lowest BCUT2D eigenvalue weighted by molar-refractivity contribution is 0.0533. The molecule has 4 rings (SSSR count). The first-order valence-corrected chi connectivity index (χ1v) is 12.6. The number of aliphatic hydroxyl groups excluding tert-OH is 1. The summed E-state index contributed by atoms with van der Waals surface area (Å²) in [4.78, 5) is 23.2. The molecule has 4 aromatic rings. The van der Waals surface area contributed by atoms with Gasteiger partial charge in [-0.1, -0.05) is 35.3 Å². The molecule has 2 N–H and O–H groups in total. The summed E-state index contributed by atoms with van der Waals surface area (Å²) in [6.45, 7) is 1.80. The highest BCUT2D eigenvalue weighted by molar-refractivity contribution is 7.17. The van der Waals surface area contributed by atoms with Gasteiger partial charge in [-0.25, -0.2) is 4.98 Å². The van der Waals surface area contributed by atoms with Gasteiger partial charge in [0.2, 0.25) is 0 Å². The molecule has 0 spiro atoms. The molecule has 184 valence electrons. The number of ether oxygens (including phenoxy) is 2. The van der Waals surface area contributed by atoms with Crippen LogP contribution in [0.15, 0.2) is 58.7 Å². The number of nitrogens with one attached hydrogen (secondary N) is 1. The zero-order valence-corrected chi connectivity index (χ0v) is 21.4. The van der Waals surface area contributed by atoms with E-state index in [-0.39, 0.29) is 12.2 Å². The third-order valence-corrected chi connectivity index (χ3v) is 6.73. The highest BCUT2D eigenvalue weighted by atomic mass is 35.5. The van der Waals surface area contributed by atoms with Crippen LogP contribution in [0.4, 0.5) is 0 Å². The second kappa shape index (κ2) is 12.0. The lowest BCUT2D eigenvalue weighted by Gasteiger charge is -2.24. The molecule has 1 unspecified atom stereocenters. The van der Waals surface area contributed by atoms with Gasteiger partial charge in [0.25, 0.3) is 5.56 Å². The molecule has 0 bridgehead atoms. The number of benzene rings is 2. The van der Waals surface area contributed by atoms with Crippen LogP contribution in [-0.2, 0) is 11.3 Å². The third-order valence-electron chi connectivity index (χ3n) is 5.36. The summed E-state index contributed by atoms with van der Waals surface area (Å²) in [6, 6.07) is 14.3. The maximum atomic E-state index is 13.0. The predicted octanol–water partition coefficient (Wildman–Crippen LogP) is 4.85. The number of H-pyrrole nitrogens is 1. The number of methoxy groups -OCH3 is 1. The minimum absolute atomic E-state index is 0.115. The molecule has 7 nitrogen and oxygen atoms in total. The molecule has 0 radical (unpaired) electrons. The fourth-order valence-electron chi connectivity index (χ4n) is 3.65. The van der Waals surface area contributed by atoms with E-state index < -0.39 is 6.10 Å². The molecular weight excluding hydrogens is 509 g/mol. The predicted molar refractivity (Wildman–Crippen MR) is 141 cm³/mol. The number of fused-ring (bicyclic) bond motifs is 1. The Morgan fingerprint density at radius 2 is 1.80 bits per heavy atom. The first-order chi connectivity index (χ1) is 16.9. The minimum atomic E-state index is -0.753. The van der Waals surface area contributed by atoms with E-state index in [9.17, 15) is 9.90 Å². The number of halogens is 2. The lowest BCUT2D eigenvalue weighted by atomic mass is 10.1. The molecule has 2 aromatic heterocycles. The Bertz CT molecular complexity index is 1310. The first-order valence-electron chi connectivity index (χ1n) is 11.0. The van der Waals surface area contributed by atoms with Crippen LogP contribution in [0.3, 0.4) is 0 Å². The Hall–Kier alpha value is -2.46. The van der Waals surface area contributed by atoms with Crippen molar-refractivity contribution in [1.29, 1.82) is 0 Å². The Labute approximate surface area is 216 Å². The molecule has 1 atom stereocenters. The molecular formula is C25H25Cl2N3O4S. The van der Waals surface area contributed by atoms with Gasteiger partial charge in [-0.2, -0.15) is 0 Å². The van der Waals surface area contributed by atoms with Gasteiger partial charge in [-0.15, -0.1) is 11.3 Å². The van der Waals surface area contributed by atoms with Crippen LogP contribution in [0.5, 0.6) is 5.75 Å². The van der Waals surface area contributed by atoms with Crippen LogP contribution in [0.25, 0.3) is 21.3 Å². The maximum Gasteiger partial charge on any atom is 0.260 e. The molecule has 0 fully saturated rings. The average molecular weight is 534 g/mol. The van der Waals surface area contributed by atoms with Crippen molar-refractivity contribution in [2.75, 3.05) is 33.4 Å². The molecule has 0 aliphatic carbocycles. The second-order valence-electron chi connectivity index (χ2n) is 8.00. The minimum Gasteiger partial charge on any atom is -0.491 e. The molecule has 10 heteroatoms. The zero-order valence-electron chi connectivity index (χ0n) is 19.0. The van der Waals surface area contributed by atoms with Crippen molar-refractivity contribution in [2.24, 2.45) is 0 Å². The molecule has 0 aliphatic rings. The zero-order chi connectivity index (χ0) is 24.8. The van der Waals surface area contributed by atoms with E-state index in [4.69, 9.17) is 32.7 Å². The number of hydrogen-bond donors (Lipinski definition) is 2. The van der Waals surface area contributed by atoms with Crippen molar-refractivity contribution >= 4 is 44.8 Å². The molecule has 0 aliphatic heterocycles. The number of aromatic nitrogens is 2. The summed E-state index contributed by atoms with van der Waals surface area (Å²) < 4.78 is 10.9. The fourth-order valence-corrected chi connectivity index (χ4v) is 4.87. The number of hydrogen-bond acceptors (Lipinski definition) is 7. The van der Waals surface area contributed by atoms with Crippen molar-refractivity contribution < 1.29 is 14.6 Å². The van der Waals surface area contributed by atoms with E-state index in [0.717, 1.165) is 11.1 Å². The van der Waals surface area contributed by atoms with Crippen LogP contribution in [-0.4, -0.2) is 59.5 Å². The summed E-state index contributed by atoms with van der Waals surface area (Å²) >= 11 is 13.3. The summed E-state index contributed by atoms with van der Waals surface area (Å²) in [5.41, 5.74) is 1.54. The van der Waals surface area contributed by atoms with E-state index in [0.29, 0.717) is 58.1 Å². The van der Waals surface area contributed by atoms with Crippen molar-refractivity contribution in [2.45, 2.75) is 12.6 Å². The normalized spacial score (nSPS) is 12.4. The van der Waals surface area contributed by atoms with Crippen LogP contribution < -0.4 is 10.3 Å². The Kier molecular flexibility index (Phi) is 8.78. The quantitative estimate of drug-likeness (QED) is 0.286. The Morgan fingerprint density at radius 1 is 1.11 bits per heavy atom. The lowest BCUT2D eigenvalue weighted by Crippen LogP contribution is -2.38. The van der Waals surface area contributed by atoms with E-state index >= 15 is 0 Å². The average Bonchev–Trinajstić information content (AvgIpc) is 3.27. The SMILES string of the molecule is COCCN(Cc1nc2scc(-c3ccc(Cl)cc3)c2c(=O)[nH]1)CC(O)COc1ccc(Cl)cc1. The molecule has 2 aromatic carbocycles. The molecule has 0 saturated carbocycles. The first kappa shape index (κ1) is 25.6. The van der Waals surface area contributed by atoms with E-state index in [2.05, 4.69) is 9.97 Å². The van der Waals surface area contributed by atoms with E-state index in [1.54, 1.807) is 43.5 Å². The second-order valence-corrected chi connectivity index (χ2v) is 9.73. The van der Waals surface area contributed by atoms with E-state index in [1.165, 1.54) is 11.3 Å². The van der Waals surface area contributed by atoms with Crippen molar-refractivity contribution in [1.82, 2.24) is 14.9 Å². The molecule has 35 heavy (non-hydrogen) atoms. The van der Waals surface area contributed by atoms with Crippen molar-refractivity contribution in [3.05, 3.63) is 80.1 Å². The number of aliphatic hydroxyl groups is 1. The van der Waals surface area contributed by atoms with Gasteiger partial charge in [-0.05, 0) is 42.0 Å². The van der Waals surface area contributed by atoms with Crippen LogP contribution in [0, 0.1) is 0 Å².